The van der Waals surface area contributed by atoms with Gasteiger partial charge in [0.25, 0.3) is 5.91 Å². The number of anilines is 1. The summed E-state index contributed by atoms with van der Waals surface area (Å²) in [6.07, 6.45) is 3.44. The molecule has 0 radical (unpaired) electrons. The molecular formula is C16H17NO4. The maximum absolute atomic E-state index is 11.8. The van der Waals surface area contributed by atoms with Crippen molar-refractivity contribution >= 4 is 17.6 Å². The van der Waals surface area contributed by atoms with E-state index in [4.69, 9.17) is 9.15 Å². The molecule has 0 aliphatic carbocycles. The highest BCUT2D eigenvalue weighted by atomic mass is 16.5. The highest BCUT2D eigenvalue weighted by Gasteiger charge is 2.13. The number of nitrogens with one attached hydrogen (secondary N) is 1. The van der Waals surface area contributed by atoms with E-state index in [9.17, 15) is 9.59 Å². The van der Waals surface area contributed by atoms with Gasteiger partial charge in [0.05, 0.1) is 24.9 Å². The third kappa shape index (κ3) is 3.95. The number of ether oxygens (including phenoxy) is 1. The fraction of sp³-hybridized carbons (Fsp3) is 0.250. The van der Waals surface area contributed by atoms with Crippen molar-refractivity contribution in [3.8, 4) is 0 Å². The van der Waals surface area contributed by atoms with Crippen LogP contribution in [0.2, 0.25) is 0 Å². The fourth-order valence-corrected chi connectivity index (χ4v) is 1.96. The molecule has 5 heteroatoms. The first kappa shape index (κ1) is 14.8. The van der Waals surface area contributed by atoms with Crippen molar-refractivity contribution in [1.82, 2.24) is 0 Å². The van der Waals surface area contributed by atoms with E-state index in [0.717, 1.165) is 5.56 Å². The summed E-state index contributed by atoms with van der Waals surface area (Å²) in [5.41, 5.74) is 2.17. The van der Waals surface area contributed by atoms with Crippen LogP contribution in [0.25, 0.3) is 0 Å². The predicted octanol–water partition coefficient (Wildman–Crippen LogP) is 2.88. The van der Waals surface area contributed by atoms with E-state index in [1.54, 1.807) is 18.2 Å². The van der Waals surface area contributed by atoms with Crippen LogP contribution in [0.5, 0.6) is 0 Å². The second-order valence-electron chi connectivity index (χ2n) is 4.79. The number of carbonyl (C=O) groups excluding carboxylic acids is 2. The third-order valence-corrected chi connectivity index (χ3v) is 3.14. The van der Waals surface area contributed by atoms with Crippen LogP contribution in [-0.4, -0.2) is 19.0 Å². The SMILES string of the molecule is COC(=O)[C@H](C)Cc1ccc(NC(=O)c2ccoc2)cc1. The molecule has 1 aromatic carbocycles. The number of furan rings is 1. The average molecular weight is 287 g/mol. The number of hydrogen-bond acceptors (Lipinski definition) is 4. The number of hydrogen-bond donors (Lipinski definition) is 1. The van der Waals surface area contributed by atoms with Crippen molar-refractivity contribution in [1.29, 1.82) is 0 Å². The van der Waals surface area contributed by atoms with Gasteiger partial charge < -0.3 is 14.5 Å². The summed E-state index contributed by atoms with van der Waals surface area (Å²) >= 11 is 0. The first-order valence-corrected chi connectivity index (χ1v) is 6.60. The van der Waals surface area contributed by atoms with Gasteiger partial charge in [-0.25, -0.2) is 0 Å². The summed E-state index contributed by atoms with van der Waals surface area (Å²) in [6, 6.07) is 8.96. The van der Waals surface area contributed by atoms with E-state index < -0.39 is 0 Å². The summed E-state index contributed by atoms with van der Waals surface area (Å²) in [7, 11) is 1.38. The van der Waals surface area contributed by atoms with Gasteiger partial charge in [0.15, 0.2) is 0 Å². The molecule has 1 atom stereocenters. The Balaban J connectivity index is 1.96. The number of benzene rings is 1. The van der Waals surface area contributed by atoms with Crippen LogP contribution in [0.4, 0.5) is 5.69 Å². The summed E-state index contributed by atoms with van der Waals surface area (Å²) in [5.74, 6) is -0.645. The summed E-state index contributed by atoms with van der Waals surface area (Å²) in [4.78, 5) is 23.2. The molecule has 21 heavy (non-hydrogen) atoms. The van der Waals surface area contributed by atoms with E-state index in [2.05, 4.69) is 5.32 Å². The van der Waals surface area contributed by atoms with E-state index in [1.807, 2.05) is 19.1 Å². The maximum Gasteiger partial charge on any atom is 0.308 e. The van der Waals surface area contributed by atoms with Crippen molar-refractivity contribution in [2.75, 3.05) is 12.4 Å². The van der Waals surface area contributed by atoms with Gasteiger partial charge in [-0.05, 0) is 30.2 Å². The number of rotatable bonds is 5. The standard InChI is InChI=1S/C16H17NO4/c1-11(16(19)20-2)9-12-3-5-14(6-4-12)17-15(18)13-7-8-21-10-13/h3-8,10-11H,9H2,1-2H3,(H,17,18)/t11-/m1/s1. The molecule has 0 spiro atoms. The van der Waals surface area contributed by atoms with Crippen molar-refractivity contribution < 1.29 is 18.7 Å². The van der Waals surface area contributed by atoms with Crippen molar-refractivity contribution in [3.63, 3.8) is 0 Å². The van der Waals surface area contributed by atoms with E-state index in [1.165, 1.54) is 19.6 Å². The van der Waals surface area contributed by atoms with Crippen LogP contribution in [0, 0.1) is 5.92 Å². The van der Waals surface area contributed by atoms with Gasteiger partial charge in [-0.3, -0.25) is 9.59 Å². The van der Waals surface area contributed by atoms with E-state index >= 15 is 0 Å². The summed E-state index contributed by atoms with van der Waals surface area (Å²) in [5, 5.41) is 2.77. The van der Waals surface area contributed by atoms with E-state index in [-0.39, 0.29) is 17.8 Å². The first-order chi connectivity index (χ1) is 10.1. The van der Waals surface area contributed by atoms with Crippen LogP contribution in [0.1, 0.15) is 22.8 Å². The monoisotopic (exact) mass is 287 g/mol. The van der Waals surface area contributed by atoms with Crippen molar-refractivity contribution in [2.45, 2.75) is 13.3 Å². The summed E-state index contributed by atoms with van der Waals surface area (Å²) in [6.45, 7) is 1.82. The second kappa shape index (κ2) is 6.74. The molecule has 0 saturated heterocycles. The van der Waals surface area contributed by atoms with Gasteiger partial charge in [0.2, 0.25) is 0 Å². The number of methoxy groups -OCH3 is 1. The lowest BCUT2D eigenvalue weighted by Gasteiger charge is -2.10. The molecule has 1 N–H and O–H groups in total. The van der Waals surface area contributed by atoms with Gasteiger partial charge in [-0.15, -0.1) is 0 Å². The Morgan fingerprint density at radius 2 is 1.95 bits per heavy atom. The van der Waals surface area contributed by atoms with Gasteiger partial charge in [-0.2, -0.15) is 0 Å². The maximum atomic E-state index is 11.8. The molecule has 2 aromatic rings. The highest BCUT2D eigenvalue weighted by molar-refractivity contribution is 6.03. The van der Waals surface area contributed by atoms with Gasteiger partial charge in [-0.1, -0.05) is 19.1 Å². The van der Waals surface area contributed by atoms with Crippen LogP contribution in [0.3, 0.4) is 0 Å². The zero-order valence-corrected chi connectivity index (χ0v) is 12.0. The van der Waals surface area contributed by atoms with Gasteiger partial charge in [0, 0.05) is 5.69 Å². The molecule has 110 valence electrons. The molecule has 5 nitrogen and oxygen atoms in total. The lowest BCUT2D eigenvalue weighted by molar-refractivity contribution is -0.144. The van der Waals surface area contributed by atoms with Crippen molar-refractivity contribution in [3.05, 3.63) is 54.0 Å². The molecule has 0 unspecified atom stereocenters. The molecule has 2 rings (SSSR count). The largest absolute Gasteiger partial charge is 0.472 e. The molecule has 0 aliphatic rings. The lowest BCUT2D eigenvalue weighted by atomic mass is 10.0. The topological polar surface area (TPSA) is 68.5 Å². The molecular weight excluding hydrogens is 270 g/mol. The molecule has 0 bridgehead atoms. The Morgan fingerprint density at radius 1 is 1.24 bits per heavy atom. The fourth-order valence-electron chi connectivity index (χ4n) is 1.96. The molecule has 1 amide bonds. The van der Waals surface area contributed by atoms with Gasteiger partial charge >= 0.3 is 5.97 Å². The van der Waals surface area contributed by atoms with Crippen LogP contribution >= 0.6 is 0 Å². The molecule has 0 fully saturated rings. The van der Waals surface area contributed by atoms with Crippen LogP contribution < -0.4 is 5.32 Å². The van der Waals surface area contributed by atoms with E-state index in [0.29, 0.717) is 17.7 Å². The van der Waals surface area contributed by atoms with Crippen LogP contribution in [-0.2, 0) is 16.0 Å². The number of carbonyl (C=O) groups is 2. The van der Waals surface area contributed by atoms with Crippen molar-refractivity contribution in [2.24, 2.45) is 5.92 Å². The molecule has 0 aliphatic heterocycles. The highest BCUT2D eigenvalue weighted by Crippen LogP contribution is 2.15. The smallest absolute Gasteiger partial charge is 0.308 e. The Kier molecular flexibility index (Phi) is 4.77. The van der Waals surface area contributed by atoms with Crippen LogP contribution in [0.15, 0.2) is 47.3 Å². The Bertz CT molecular complexity index is 602. The minimum atomic E-state index is -0.229. The molecule has 1 heterocycles. The molecule has 0 saturated carbocycles. The Hall–Kier alpha value is -2.56. The second-order valence-corrected chi connectivity index (χ2v) is 4.79. The predicted molar refractivity (Wildman–Crippen MR) is 78.0 cm³/mol. The minimum absolute atomic E-state index is 0.193. The first-order valence-electron chi connectivity index (χ1n) is 6.60. The third-order valence-electron chi connectivity index (χ3n) is 3.14. The Morgan fingerprint density at radius 3 is 2.52 bits per heavy atom. The molecule has 1 aromatic heterocycles. The zero-order chi connectivity index (χ0) is 15.2. The lowest BCUT2D eigenvalue weighted by Crippen LogP contribution is -2.15. The average Bonchev–Trinajstić information content (AvgIpc) is 3.02. The summed E-state index contributed by atoms with van der Waals surface area (Å²) < 4.78 is 9.56. The van der Waals surface area contributed by atoms with Gasteiger partial charge in [0.1, 0.15) is 6.26 Å². The Labute approximate surface area is 122 Å². The normalized spacial score (nSPS) is 11.7. The quantitative estimate of drug-likeness (QED) is 0.858. The number of esters is 1. The number of amides is 1. The minimum Gasteiger partial charge on any atom is -0.472 e. The zero-order valence-electron chi connectivity index (χ0n) is 12.0.